The number of nitrogens with zero attached hydrogens (tertiary/aromatic N) is 2. The molecule has 190 valence electrons. The van der Waals surface area contributed by atoms with Gasteiger partial charge >= 0.3 is 0 Å². The van der Waals surface area contributed by atoms with Gasteiger partial charge in [-0.1, -0.05) is 24.3 Å². The van der Waals surface area contributed by atoms with Crippen molar-refractivity contribution >= 4 is 33.0 Å². The third-order valence-electron chi connectivity index (χ3n) is 7.04. The fraction of sp³-hybridized carbons (Fsp3) is 0.400. The summed E-state index contributed by atoms with van der Waals surface area (Å²) in [5, 5.41) is 9.23. The molecule has 3 heterocycles. The number of rotatable bonds is 7. The normalized spacial score (nSPS) is 21.6. The van der Waals surface area contributed by atoms with Crippen LogP contribution in [0.25, 0.3) is 21.8 Å². The van der Waals surface area contributed by atoms with Crippen molar-refractivity contribution in [1.29, 1.82) is 0 Å². The van der Waals surface area contributed by atoms with Crippen LogP contribution >= 0.6 is 11.3 Å². The number of hydrogen-bond acceptors (Lipinski definition) is 8. The first-order valence-corrected chi connectivity index (χ1v) is 14.3. The molecule has 0 bridgehead atoms. The Hall–Kier alpha value is -3.02. The molecule has 11 heteroatoms. The lowest BCUT2D eigenvalue weighted by Crippen LogP contribution is -2.41. The zero-order valence-electron chi connectivity index (χ0n) is 19.6. The summed E-state index contributed by atoms with van der Waals surface area (Å²) in [5.74, 6) is 0.00290. The van der Waals surface area contributed by atoms with Gasteiger partial charge in [0.15, 0.2) is 22.0 Å². The molecule has 3 aromatic rings. The first kappa shape index (κ1) is 24.7. The van der Waals surface area contributed by atoms with Gasteiger partial charge in [-0.15, -0.1) is 11.3 Å². The van der Waals surface area contributed by atoms with Crippen LogP contribution in [-0.2, 0) is 24.2 Å². The molecule has 1 aliphatic heterocycles. The molecular formula is C25H27N3O6S2. The zero-order valence-corrected chi connectivity index (χ0v) is 21.2. The standard InChI is InChI=1S/C25H27N3O6S2/c29-23(27-31)14-25(9-10-28(11-12-36(25,32)33)24(30)13-17-1-2-17)22-8-7-21(35-22)19-5-3-18(4-6-19)20-15-26-16-34-20/h3-8,15-17,31H,1-2,9-14H2,(H,27,29)/t25-/m0/s1. The van der Waals surface area contributed by atoms with Gasteiger partial charge in [0.05, 0.1) is 18.4 Å². The van der Waals surface area contributed by atoms with E-state index in [2.05, 4.69) is 4.98 Å². The second-order valence-electron chi connectivity index (χ2n) is 9.41. The number of hydroxylamine groups is 1. The number of oxazole rings is 1. The monoisotopic (exact) mass is 529 g/mol. The summed E-state index contributed by atoms with van der Waals surface area (Å²) in [4.78, 5) is 32.0. The van der Waals surface area contributed by atoms with Gasteiger partial charge in [0, 0.05) is 34.8 Å². The maximum Gasteiger partial charge on any atom is 0.245 e. The Balaban J connectivity index is 1.46. The highest BCUT2D eigenvalue weighted by Gasteiger charge is 2.50. The predicted molar refractivity (Wildman–Crippen MR) is 134 cm³/mol. The highest BCUT2D eigenvalue weighted by molar-refractivity contribution is 7.92. The smallest absolute Gasteiger partial charge is 0.245 e. The van der Waals surface area contributed by atoms with Crippen molar-refractivity contribution in [3.63, 3.8) is 0 Å². The van der Waals surface area contributed by atoms with Crippen LogP contribution in [0.15, 0.2) is 53.4 Å². The van der Waals surface area contributed by atoms with Crippen molar-refractivity contribution in [1.82, 2.24) is 15.4 Å². The highest BCUT2D eigenvalue weighted by atomic mass is 32.2. The molecule has 0 radical (unpaired) electrons. The molecule has 2 N–H and O–H groups in total. The van der Waals surface area contributed by atoms with Gasteiger partial charge in [0.25, 0.3) is 0 Å². The summed E-state index contributed by atoms with van der Waals surface area (Å²) in [6, 6.07) is 11.2. The summed E-state index contributed by atoms with van der Waals surface area (Å²) in [7, 11) is -3.84. The predicted octanol–water partition coefficient (Wildman–Crippen LogP) is 3.61. The van der Waals surface area contributed by atoms with Crippen LogP contribution < -0.4 is 5.48 Å². The Morgan fingerprint density at radius 2 is 1.89 bits per heavy atom. The van der Waals surface area contributed by atoms with Crippen LogP contribution in [0.4, 0.5) is 0 Å². The average Bonchev–Trinajstić information content (AvgIpc) is 3.33. The minimum absolute atomic E-state index is 0.0335. The van der Waals surface area contributed by atoms with Crippen LogP contribution in [0.5, 0.6) is 0 Å². The van der Waals surface area contributed by atoms with Gasteiger partial charge in [-0.25, -0.2) is 18.9 Å². The summed E-state index contributed by atoms with van der Waals surface area (Å²) in [6.45, 7) is 0.348. The minimum Gasteiger partial charge on any atom is -0.444 e. The Kier molecular flexibility index (Phi) is 6.71. The fourth-order valence-corrected chi connectivity index (χ4v) is 8.32. The molecule has 2 aliphatic rings. The minimum atomic E-state index is -3.84. The maximum absolute atomic E-state index is 13.7. The summed E-state index contributed by atoms with van der Waals surface area (Å²) in [6.07, 6.45) is 5.18. The van der Waals surface area contributed by atoms with Crippen LogP contribution in [-0.4, -0.2) is 54.2 Å². The van der Waals surface area contributed by atoms with Gasteiger partial charge in [-0.3, -0.25) is 14.8 Å². The highest BCUT2D eigenvalue weighted by Crippen LogP contribution is 2.45. The number of amides is 2. The van der Waals surface area contributed by atoms with Crippen molar-refractivity contribution in [2.24, 2.45) is 5.92 Å². The van der Waals surface area contributed by atoms with Gasteiger partial charge in [-0.2, -0.15) is 0 Å². The number of hydrogen-bond donors (Lipinski definition) is 2. The second kappa shape index (κ2) is 9.79. The van der Waals surface area contributed by atoms with Crippen LogP contribution in [0, 0.1) is 5.92 Å². The molecule has 1 atom stereocenters. The third-order valence-corrected chi connectivity index (χ3v) is 11.0. The van der Waals surface area contributed by atoms with Gasteiger partial charge in [-0.05, 0) is 42.9 Å². The Labute approximate surface area is 213 Å². The number of benzene rings is 1. The third kappa shape index (κ3) is 4.82. The van der Waals surface area contributed by atoms with Crippen molar-refractivity contribution in [3.05, 3.63) is 53.9 Å². The van der Waals surface area contributed by atoms with E-state index in [1.807, 2.05) is 30.3 Å². The molecular weight excluding hydrogens is 502 g/mol. The van der Waals surface area contributed by atoms with Crippen molar-refractivity contribution in [2.75, 3.05) is 18.8 Å². The van der Waals surface area contributed by atoms with Gasteiger partial charge in [0.1, 0.15) is 4.75 Å². The first-order valence-electron chi connectivity index (χ1n) is 11.8. The van der Waals surface area contributed by atoms with Crippen molar-refractivity contribution in [2.45, 2.75) is 36.9 Å². The van der Waals surface area contributed by atoms with Crippen LogP contribution in [0.2, 0.25) is 0 Å². The second-order valence-corrected chi connectivity index (χ2v) is 12.9. The van der Waals surface area contributed by atoms with E-state index in [4.69, 9.17) is 4.42 Å². The number of sulfone groups is 1. The van der Waals surface area contributed by atoms with Crippen LogP contribution in [0.1, 0.15) is 37.0 Å². The van der Waals surface area contributed by atoms with Crippen molar-refractivity contribution in [3.8, 4) is 21.8 Å². The lowest BCUT2D eigenvalue weighted by molar-refractivity contribution is -0.131. The Morgan fingerprint density at radius 1 is 1.14 bits per heavy atom. The van der Waals surface area contributed by atoms with E-state index in [1.54, 1.807) is 22.6 Å². The molecule has 2 aromatic heterocycles. The number of thiophene rings is 1. The average molecular weight is 530 g/mol. The summed E-state index contributed by atoms with van der Waals surface area (Å²) < 4.78 is 31.2. The molecule has 0 spiro atoms. The first-order chi connectivity index (χ1) is 17.3. The number of carbonyl (C=O) groups excluding carboxylic acids is 2. The molecule has 1 saturated carbocycles. The van der Waals surface area contributed by atoms with E-state index >= 15 is 0 Å². The number of aromatic nitrogens is 1. The number of carbonyl (C=O) groups is 2. The quantitative estimate of drug-likeness (QED) is 0.353. The molecule has 36 heavy (non-hydrogen) atoms. The number of nitrogens with one attached hydrogen (secondary N) is 1. The molecule has 5 rings (SSSR count). The molecule has 0 unspecified atom stereocenters. The zero-order chi connectivity index (χ0) is 25.3. The maximum atomic E-state index is 13.7. The molecule has 1 saturated heterocycles. The summed E-state index contributed by atoms with van der Waals surface area (Å²) in [5.41, 5.74) is 3.36. The van der Waals surface area contributed by atoms with E-state index in [-0.39, 0.29) is 31.2 Å². The van der Waals surface area contributed by atoms with Crippen molar-refractivity contribution < 1.29 is 27.6 Å². The molecule has 2 fully saturated rings. The SMILES string of the molecule is O=C(C[C@]1(c2ccc(-c3ccc(-c4cnco4)cc3)s2)CCN(C(=O)CC2CC2)CCS1(=O)=O)NO. The Morgan fingerprint density at radius 3 is 2.56 bits per heavy atom. The van der Waals surface area contributed by atoms with E-state index < -0.39 is 26.9 Å². The molecule has 9 nitrogen and oxygen atoms in total. The van der Waals surface area contributed by atoms with Crippen LogP contribution in [0.3, 0.4) is 0 Å². The van der Waals surface area contributed by atoms with Gasteiger partial charge in [0.2, 0.25) is 11.8 Å². The Bertz CT molecular complexity index is 1350. The van der Waals surface area contributed by atoms with E-state index in [9.17, 15) is 23.2 Å². The van der Waals surface area contributed by atoms with Gasteiger partial charge < -0.3 is 9.32 Å². The summed E-state index contributed by atoms with van der Waals surface area (Å²) >= 11 is 1.31. The van der Waals surface area contributed by atoms with E-state index in [1.165, 1.54) is 17.7 Å². The molecule has 1 aromatic carbocycles. The largest absolute Gasteiger partial charge is 0.444 e. The van der Waals surface area contributed by atoms with E-state index in [0.717, 1.165) is 28.8 Å². The molecule has 2 amide bonds. The van der Waals surface area contributed by atoms with E-state index in [0.29, 0.717) is 23.0 Å². The lowest BCUT2D eigenvalue weighted by atomic mass is 9.97. The topological polar surface area (TPSA) is 130 Å². The molecule has 1 aliphatic carbocycles. The fourth-order valence-electron chi connectivity index (χ4n) is 4.71. The lowest BCUT2D eigenvalue weighted by Gasteiger charge is -2.30.